The van der Waals surface area contributed by atoms with Crippen LogP contribution in [0.2, 0.25) is 0 Å². The van der Waals surface area contributed by atoms with E-state index in [0.717, 1.165) is 4.47 Å². The molecule has 106 valence electrons. The summed E-state index contributed by atoms with van der Waals surface area (Å²) in [7, 11) is 0. The zero-order chi connectivity index (χ0) is 14.5. The first-order valence-corrected chi connectivity index (χ1v) is 7.21. The van der Waals surface area contributed by atoms with Crippen molar-refractivity contribution in [3.05, 3.63) is 46.1 Å². The molecule has 0 atom stereocenters. The second kappa shape index (κ2) is 6.67. The maximum Gasteiger partial charge on any atom is 0.239 e. The minimum absolute atomic E-state index is 0.380. The number of nitrogen functional groups attached to an aromatic ring is 1. The average molecular weight is 336 g/mol. The lowest BCUT2D eigenvalue weighted by Gasteiger charge is -2.10. The van der Waals surface area contributed by atoms with Gasteiger partial charge >= 0.3 is 0 Å². The maximum atomic E-state index is 5.30. The molecule has 2 aromatic rings. The predicted molar refractivity (Wildman–Crippen MR) is 85.4 cm³/mol. The zero-order valence-electron chi connectivity index (χ0n) is 11.5. The summed E-state index contributed by atoms with van der Waals surface area (Å²) in [6, 6.07) is 8.56. The Hall–Kier alpha value is -1.66. The van der Waals surface area contributed by atoms with E-state index in [9.17, 15) is 0 Å². The first-order chi connectivity index (χ1) is 9.60. The molecule has 2 rings (SSSR count). The first kappa shape index (κ1) is 14.7. The Balaban J connectivity index is 2.04. The van der Waals surface area contributed by atoms with Crippen molar-refractivity contribution in [3.63, 3.8) is 0 Å². The van der Waals surface area contributed by atoms with E-state index in [0.29, 0.717) is 24.2 Å². The molecule has 0 saturated carbocycles. The van der Waals surface area contributed by atoms with Crippen molar-refractivity contribution in [1.29, 1.82) is 0 Å². The van der Waals surface area contributed by atoms with Crippen LogP contribution in [0.25, 0.3) is 0 Å². The monoisotopic (exact) mass is 335 g/mol. The molecule has 0 unspecified atom stereocenters. The van der Waals surface area contributed by atoms with E-state index in [1.165, 1.54) is 11.1 Å². The highest BCUT2D eigenvalue weighted by Gasteiger charge is 2.04. The van der Waals surface area contributed by atoms with E-state index in [2.05, 4.69) is 74.8 Å². The van der Waals surface area contributed by atoms with Crippen LogP contribution in [0.5, 0.6) is 0 Å². The van der Waals surface area contributed by atoms with Gasteiger partial charge in [0.1, 0.15) is 5.82 Å². The fraction of sp³-hybridized carbons (Fsp3) is 0.286. The molecule has 0 aliphatic rings. The van der Waals surface area contributed by atoms with Crippen LogP contribution in [0.15, 0.2) is 34.9 Å². The summed E-state index contributed by atoms with van der Waals surface area (Å²) in [5.41, 5.74) is 4.97. The molecule has 20 heavy (non-hydrogen) atoms. The predicted octanol–water partition coefficient (Wildman–Crippen LogP) is 3.26. The van der Waals surface area contributed by atoms with Crippen LogP contribution in [-0.2, 0) is 6.54 Å². The third kappa shape index (κ3) is 3.68. The normalized spacial score (nSPS) is 10.7. The molecule has 0 saturated heterocycles. The highest BCUT2D eigenvalue weighted by Crippen LogP contribution is 2.21. The van der Waals surface area contributed by atoms with Crippen molar-refractivity contribution in [3.8, 4) is 0 Å². The number of hydrogen-bond acceptors (Lipinski definition) is 5. The molecule has 4 N–H and O–H groups in total. The number of hydrazine groups is 1. The van der Waals surface area contributed by atoms with E-state index in [-0.39, 0.29) is 0 Å². The molecule has 0 bridgehead atoms. The summed E-state index contributed by atoms with van der Waals surface area (Å²) >= 11 is 3.41. The molecule has 6 heteroatoms. The van der Waals surface area contributed by atoms with Gasteiger partial charge < -0.3 is 5.32 Å². The third-order valence-electron chi connectivity index (χ3n) is 2.98. The van der Waals surface area contributed by atoms with Gasteiger partial charge in [0.05, 0.1) is 4.47 Å². The molecule has 0 radical (unpaired) electrons. The second-order valence-corrected chi connectivity index (χ2v) is 5.64. The van der Waals surface area contributed by atoms with Crippen LogP contribution < -0.4 is 16.6 Å². The second-order valence-electron chi connectivity index (χ2n) is 4.78. The standard InChI is InChI=1S/C14H18BrN5/c1-9(2)11-5-3-10(4-6-11)7-17-13-12(15)8-18-14(19-13)20-16/h3-6,8-9H,7,16H2,1-2H3,(H2,17,18,19,20). The summed E-state index contributed by atoms with van der Waals surface area (Å²) in [6.45, 7) is 5.07. The minimum Gasteiger partial charge on any atom is -0.365 e. The van der Waals surface area contributed by atoms with Crippen molar-refractivity contribution in [1.82, 2.24) is 9.97 Å². The quantitative estimate of drug-likeness (QED) is 0.577. The van der Waals surface area contributed by atoms with Crippen LogP contribution in [-0.4, -0.2) is 9.97 Å². The van der Waals surface area contributed by atoms with Crippen LogP contribution in [0, 0.1) is 0 Å². The van der Waals surface area contributed by atoms with E-state index in [4.69, 9.17) is 5.84 Å². The Labute approximate surface area is 127 Å². The molecule has 0 amide bonds. The molecular weight excluding hydrogens is 318 g/mol. The van der Waals surface area contributed by atoms with Gasteiger partial charge in [0.2, 0.25) is 5.95 Å². The number of hydrogen-bond donors (Lipinski definition) is 3. The van der Waals surface area contributed by atoms with Gasteiger partial charge in [0.25, 0.3) is 0 Å². The number of nitrogens with one attached hydrogen (secondary N) is 2. The van der Waals surface area contributed by atoms with Crippen LogP contribution in [0.4, 0.5) is 11.8 Å². The fourth-order valence-electron chi connectivity index (χ4n) is 1.77. The topological polar surface area (TPSA) is 75.9 Å². The lowest BCUT2D eigenvalue weighted by atomic mass is 10.0. The molecule has 1 aromatic carbocycles. The van der Waals surface area contributed by atoms with Gasteiger partial charge in [-0.3, -0.25) is 5.43 Å². The average Bonchev–Trinajstić information content (AvgIpc) is 2.47. The highest BCUT2D eigenvalue weighted by atomic mass is 79.9. The number of anilines is 2. The number of rotatable bonds is 5. The largest absolute Gasteiger partial charge is 0.365 e. The minimum atomic E-state index is 0.380. The Kier molecular flexibility index (Phi) is 4.92. The van der Waals surface area contributed by atoms with E-state index >= 15 is 0 Å². The molecule has 1 heterocycles. The molecule has 0 aliphatic heterocycles. The lowest BCUT2D eigenvalue weighted by molar-refractivity contribution is 0.865. The zero-order valence-corrected chi connectivity index (χ0v) is 13.1. The number of nitrogens with two attached hydrogens (primary N) is 1. The maximum absolute atomic E-state index is 5.30. The Morgan fingerprint density at radius 1 is 1.25 bits per heavy atom. The van der Waals surface area contributed by atoms with Crippen molar-refractivity contribution in [2.24, 2.45) is 5.84 Å². The van der Waals surface area contributed by atoms with Crippen molar-refractivity contribution in [2.45, 2.75) is 26.3 Å². The van der Waals surface area contributed by atoms with Gasteiger partial charge in [-0.2, -0.15) is 4.98 Å². The highest BCUT2D eigenvalue weighted by molar-refractivity contribution is 9.10. The SMILES string of the molecule is CC(C)c1ccc(CNc2nc(NN)ncc2Br)cc1. The molecule has 5 nitrogen and oxygen atoms in total. The van der Waals surface area contributed by atoms with Crippen molar-refractivity contribution in [2.75, 3.05) is 10.7 Å². The smallest absolute Gasteiger partial charge is 0.239 e. The van der Waals surface area contributed by atoms with E-state index in [1.54, 1.807) is 6.20 Å². The van der Waals surface area contributed by atoms with Crippen molar-refractivity contribution < 1.29 is 0 Å². The van der Waals surface area contributed by atoms with E-state index in [1.807, 2.05) is 0 Å². The number of benzene rings is 1. The summed E-state index contributed by atoms with van der Waals surface area (Å²) in [5, 5.41) is 3.26. The third-order valence-corrected chi connectivity index (χ3v) is 3.56. The molecule has 0 fully saturated rings. The molecular formula is C14H18BrN5. The van der Waals surface area contributed by atoms with Gasteiger partial charge in [-0.25, -0.2) is 10.8 Å². The van der Waals surface area contributed by atoms with Gasteiger partial charge in [0, 0.05) is 12.7 Å². The van der Waals surface area contributed by atoms with Gasteiger partial charge in [-0.15, -0.1) is 0 Å². The fourth-order valence-corrected chi connectivity index (χ4v) is 2.10. The van der Waals surface area contributed by atoms with Gasteiger partial charge in [-0.05, 0) is 33.0 Å². The number of nitrogens with zero attached hydrogens (tertiary/aromatic N) is 2. The van der Waals surface area contributed by atoms with Crippen LogP contribution >= 0.6 is 15.9 Å². The Morgan fingerprint density at radius 2 is 1.95 bits per heavy atom. The summed E-state index contributed by atoms with van der Waals surface area (Å²) in [4.78, 5) is 8.26. The molecule has 0 spiro atoms. The molecule has 1 aromatic heterocycles. The first-order valence-electron chi connectivity index (χ1n) is 6.42. The summed E-state index contributed by atoms with van der Waals surface area (Å²) in [6.07, 6.45) is 1.66. The summed E-state index contributed by atoms with van der Waals surface area (Å²) in [5.74, 6) is 6.94. The van der Waals surface area contributed by atoms with Gasteiger partial charge in [0.15, 0.2) is 0 Å². The van der Waals surface area contributed by atoms with E-state index < -0.39 is 0 Å². The number of halogens is 1. The Bertz CT molecular complexity index is 568. The van der Waals surface area contributed by atoms with Crippen LogP contribution in [0.1, 0.15) is 30.9 Å². The molecule has 0 aliphatic carbocycles. The Morgan fingerprint density at radius 3 is 2.55 bits per heavy atom. The number of aromatic nitrogens is 2. The van der Waals surface area contributed by atoms with Crippen LogP contribution in [0.3, 0.4) is 0 Å². The summed E-state index contributed by atoms with van der Waals surface area (Å²) < 4.78 is 0.801. The van der Waals surface area contributed by atoms with Gasteiger partial charge in [-0.1, -0.05) is 38.1 Å². The van der Waals surface area contributed by atoms with Crippen molar-refractivity contribution >= 4 is 27.7 Å². The lowest BCUT2D eigenvalue weighted by Crippen LogP contribution is -2.12.